The summed E-state index contributed by atoms with van der Waals surface area (Å²) in [5.74, 6) is -0.307. The maximum absolute atomic E-state index is 13.5. The van der Waals surface area contributed by atoms with Gasteiger partial charge in [0.25, 0.3) is 0 Å². The van der Waals surface area contributed by atoms with Crippen LogP contribution >= 0.6 is 0 Å². The Morgan fingerprint density at radius 1 is 1.26 bits per heavy atom. The van der Waals surface area contributed by atoms with Gasteiger partial charge in [0, 0.05) is 18.8 Å². The van der Waals surface area contributed by atoms with Crippen LogP contribution < -0.4 is 11.5 Å². The Labute approximate surface area is 107 Å². The van der Waals surface area contributed by atoms with Gasteiger partial charge in [0.15, 0.2) is 5.65 Å². The van der Waals surface area contributed by atoms with E-state index in [1.54, 1.807) is 24.0 Å². The van der Waals surface area contributed by atoms with E-state index in [1.165, 1.54) is 12.1 Å². The van der Waals surface area contributed by atoms with E-state index in [0.717, 1.165) is 0 Å². The molecule has 4 N–H and O–H groups in total. The number of hydrogen-bond donors (Lipinski definition) is 2. The van der Waals surface area contributed by atoms with Crippen molar-refractivity contribution >= 4 is 22.7 Å². The first kappa shape index (κ1) is 11.4. The Balaban J connectivity index is 2.28. The monoisotopic (exact) mass is 258 g/mol. The lowest BCUT2D eigenvalue weighted by Gasteiger charge is -2.00. The molecule has 19 heavy (non-hydrogen) atoms. The van der Waals surface area contributed by atoms with Crippen molar-refractivity contribution in [1.29, 1.82) is 0 Å². The van der Waals surface area contributed by atoms with Crippen LogP contribution in [-0.4, -0.2) is 19.7 Å². The summed E-state index contributed by atoms with van der Waals surface area (Å²) in [4.78, 5) is 8.05. The number of hydrogen-bond acceptors (Lipinski definition) is 5. The van der Waals surface area contributed by atoms with E-state index in [9.17, 15) is 4.39 Å². The normalized spacial score (nSPS) is 11.1. The Kier molecular flexibility index (Phi) is 2.34. The lowest BCUT2D eigenvalue weighted by atomic mass is 10.1. The molecular formula is C12H11FN6. The summed E-state index contributed by atoms with van der Waals surface area (Å²) in [5.41, 5.74) is 12.9. The Bertz CT molecular complexity index is 779. The van der Waals surface area contributed by atoms with Crippen LogP contribution in [0.4, 0.5) is 16.0 Å². The van der Waals surface area contributed by atoms with E-state index in [0.29, 0.717) is 22.3 Å². The van der Waals surface area contributed by atoms with Gasteiger partial charge in [-0.2, -0.15) is 10.1 Å². The molecule has 2 heterocycles. The van der Waals surface area contributed by atoms with Crippen LogP contribution in [0.1, 0.15) is 0 Å². The van der Waals surface area contributed by atoms with Crippen LogP contribution in [0.3, 0.4) is 0 Å². The maximum Gasteiger partial charge on any atom is 0.222 e. The highest BCUT2D eigenvalue weighted by Gasteiger charge is 2.13. The second-order valence-electron chi connectivity index (χ2n) is 4.17. The second kappa shape index (κ2) is 3.91. The van der Waals surface area contributed by atoms with Crippen molar-refractivity contribution in [3.05, 3.63) is 30.2 Å². The molecule has 0 atom stereocenters. The molecule has 1 aromatic carbocycles. The van der Waals surface area contributed by atoms with Gasteiger partial charge in [-0.25, -0.2) is 14.1 Å². The van der Waals surface area contributed by atoms with Crippen molar-refractivity contribution in [2.75, 3.05) is 11.5 Å². The van der Waals surface area contributed by atoms with Crippen molar-refractivity contribution in [3.63, 3.8) is 0 Å². The highest BCUT2D eigenvalue weighted by molar-refractivity contribution is 5.91. The van der Waals surface area contributed by atoms with Crippen LogP contribution in [0, 0.1) is 5.82 Å². The van der Waals surface area contributed by atoms with E-state index in [1.807, 2.05) is 0 Å². The zero-order chi connectivity index (χ0) is 13.6. The van der Waals surface area contributed by atoms with Crippen molar-refractivity contribution in [2.45, 2.75) is 0 Å². The van der Waals surface area contributed by atoms with Gasteiger partial charge < -0.3 is 11.5 Å². The predicted octanol–water partition coefficient (Wildman–Crippen LogP) is 1.33. The highest BCUT2D eigenvalue weighted by atomic mass is 19.1. The van der Waals surface area contributed by atoms with Crippen LogP contribution in [0.5, 0.6) is 0 Å². The summed E-state index contributed by atoms with van der Waals surface area (Å²) in [5, 5.41) is 5.03. The standard InChI is InChI=1S/C12H11FN6/c1-19-11-7(5-16-12(15)17-11)10(18-19)6-2-3-9(14)8(13)4-6/h2-5H,14H2,1H3,(H2,15,16,17). The SMILES string of the molecule is Cn1nc(-c2ccc(N)c(F)c2)c2cnc(N)nc21. The van der Waals surface area contributed by atoms with Crippen molar-refractivity contribution in [3.8, 4) is 11.3 Å². The van der Waals surface area contributed by atoms with Crippen LogP contribution in [-0.2, 0) is 7.05 Å². The average Bonchev–Trinajstić information content (AvgIpc) is 2.70. The number of halogens is 1. The highest BCUT2D eigenvalue weighted by Crippen LogP contribution is 2.28. The van der Waals surface area contributed by atoms with Crippen molar-refractivity contribution < 1.29 is 4.39 Å². The zero-order valence-electron chi connectivity index (χ0n) is 10.1. The first-order valence-corrected chi connectivity index (χ1v) is 5.57. The smallest absolute Gasteiger partial charge is 0.222 e. The number of nitrogen functional groups attached to an aromatic ring is 2. The minimum absolute atomic E-state index is 0.101. The lowest BCUT2D eigenvalue weighted by molar-refractivity contribution is 0.633. The largest absolute Gasteiger partial charge is 0.396 e. The molecule has 3 aromatic rings. The molecule has 0 aliphatic heterocycles. The number of aromatic nitrogens is 4. The predicted molar refractivity (Wildman–Crippen MR) is 70.5 cm³/mol. The number of benzene rings is 1. The van der Waals surface area contributed by atoms with Gasteiger partial charge in [0.1, 0.15) is 11.5 Å². The molecule has 6 nitrogen and oxygen atoms in total. The average molecular weight is 258 g/mol. The molecule has 0 saturated carbocycles. The first-order chi connectivity index (χ1) is 9.06. The fraction of sp³-hybridized carbons (Fsp3) is 0.0833. The number of nitrogens with two attached hydrogens (primary N) is 2. The first-order valence-electron chi connectivity index (χ1n) is 5.57. The van der Waals surface area contributed by atoms with E-state index < -0.39 is 5.82 Å². The Morgan fingerprint density at radius 2 is 2.05 bits per heavy atom. The number of nitrogens with zero attached hydrogens (tertiary/aromatic N) is 4. The molecule has 0 unspecified atom stereocenters. The molecule has 0 aliphatic rings. The van der Waals surface area contributed by atoms with Gasteiger partial charge in [0.05, 0.1) is 11.1 Å². The van der Waals surface area contributed by atoms with Gasteiger partial charge in [-0.15, -0.1) is 0 Å². The van der Waals surface area contributed by atoms with Crippen molar-refractivity contribution in [1.82, 2.24) is 19.7 Å². The third-order valence-electron chi connectivity index (χ3n) is 2.87. The molecule has 0 spiro atoms. The third-order valence-corrected chi connectivity index (χ3v) is 2.87. The summed E-state index contributed by atoms with van der Waals surface area (Å²) in [6, 6.07) is 4.55. The summed E-state index contributed by atoms with van der Waals surface area (Å²) in [7, 11) is 1.74. The van der Waals surface area contributed by atoms with Gasteiger partial charge in [-0.1, -0.05) is 6.07 Å². The number of rotatable bonds is 1. The van der Waals surface area contributed by atoms with Gasteiger partial charge in [0.2, 0.25) is 5.95 Å². The lowest BCUT2D eigenvalue weighted by Crippen LogP contribution is -1.97. The van der Waals surface area contributed by atoms with E-state index in [-0.39, 0.29) is 11.6 Å². The molecule has 0 bridgehead atoms. The van der Waals surface area contributed by atoms with E-state index in [2.05, 4.69) is 15.1 Å². The van der Waals surface area contributed by atoms with Crippen LogP contribution in [0.15, 0.2) is 24.4 Å². The van der Waals surface area contributed by atoms with Gasteiger partial charge in [-0.3, -0.25) is 0 Å². The summed E-state index contributed by atoms with van der Waals surface area (Å²) in [6.45, 7) is 0. The van der Waals surface area contributed by atoms with Gasteiger partial charge in [-0.05, 0) is 12.1 Å². The molecular weight excluding hydrogens is 247 g/mol. The molecule has 96 valence electrons. The topological polar surface area (TPSA) is 95.6 Å². The molecule has 0 radical (unpaired) electrons. The number of aryl methyl sites for hydroxylation is 1. The molecule has 0 fully saturated rings. The molecule has 7 heteroatoms. The van der Waals surface area contributed by atoms with Gasteiger partial charge >= 0.3 is 0 Å². The van der Waals surface area contributed by atoms with Crippen molar-refractivity contribution in [2.24, 2.45) is 7.05 Å². The molecule has 3 rings (SSSR count). The summed E-state index contributed by atoms with van der Waals surface area (Å²) in [6.07, 6.45) is 1.58. The Hall–Kier alpha value is -2.70. The summed E-state index contributed by atoms with van der Waals surface area (Å²) < 4.78 is 15.1. The zero-order valence-corrected chi connectivity index (χ0v) is 10.1. The molecule has 0 saturated heterocycles. The molecule has 2 aromatic heterocycles. The third kappa shape index (κ3) is 1.75. The number of fused-ring (bicyclic) bond motifs is 1. The minimum atomic E-state index is -0.479. The fourth-order valence-electron chi connectivity index (χ4n) is 1.94. The Morgan fingerprint density at radius 3 is 2.79 bits per heavy atom. The fourth-order valence-corrected chi connectivity index (χ4v) is 1.94. The maximum atomic E-state index is 13.5. The number of anilines is 2. The van der Waals surface area contributed by atoms with E-state index >= 15 is 0 Å². The molecule has 0 amide bonds. The summed E-state index contributed by atoms with van der Waals surface area (Å²) >= 11 is 0. The quantitative estimate of drug-likeness (QED) is 0.642. The van der Waals surface area contributed by atoms with E-state index in [4.69, 9.17) is 11.5 Å². The van der Waals surface area contributed by atoms with Crippen LogP contribution in [0.25, 0.3) is 22.3 Å². The minimum Gasteiger partial charge on any atom is -0.396 e. The second-order valence-corrected chi connectivity index (χ2v) is 4.17. The van der Waals surface area contributed by atoms with Crippen LogP contribution in [0.2, 0.25) is 0 Å². The molecule has 0 aliphatic carbocycles.